The van der Waals surface area contributed by atoms with Gasteiger partial charge >= 0.3 is 0 Å². The van der Waals surface area contributed by atoms with Gasteiger partial charge in [0.1, 0.15) is 5.75 Å². The first-order valence-corrected chi connectivity index (χ1v) is 12.1. The molecule has 1 heterocycles. The van der Waals surface area contributed by atoms with E-state index >= 15 is 0 Å². The van der Waals surface area contributed by atoms with Gasteiger partial charge in [0.15, 0.2) is 0 Å². The summed E-state index contributed by atoms with van der Waals surface area (Å²) in [6, 6.07) is 27.2. The fourth-order valence-electron chi connectivity index (χ4n) is 4.67. The van der Waals surface area contributed by atoms with Crippen LogP contribution in [-0.2, 0) is 0 Å². The van der Waals surface area contributed by atoms with Crippen molar-refractivity contribution < 1.29 is 14.3 Å². The molecule has 1 N–H and O–H groups in total. The molecule has 2 amide bonds. The lowest BCUT2D eigenvalue weighted by atomic mass is 10.1. The molecule has 36 heavy (non-hydrogen) atoms. The minimum Gasteiger partial charge on any atom is -0.496 e. The second-order valence-electron chi connectivity index (χ2n) is 8.99. The van der Waals surface area contributed by atoms with Crippen LogP contribution >= 0.6 is 0 Å². The topological polar surface area (TPSA) is 61.9 Å². The van der Waals surface area contributed by atoms with Gasteiger partial charge in [-0.05, 0) is 65.7 Å². The molecule has 1 saturated heterocycles. The largest absolute Gasteiger partial charge is 0.496 e. The van der Waals surface area contributed by atoms with Crippen LogP contribution in [0, 0.1) is 6.92 Å². The van der Waals surface area contributed by atoms with Crippen molar-refractivity contribution in [3.63, 3.8) is 0 Å². The van der Waals surface area contributed by atoms with Crippen LogP contribution in [0.3, 0.4) is 0 Å². The summed E-state index contributed by atoms with van der Waals surface area (Å²) in [4.78, 5) is 30.1. The number of nitrogens with one attached hydrogen (secondary N) is 1. The van der Waals surface area contributed by atoms with Crippen LogP contribution in [-0.4, -0.2) is 50.0 Å². The van der Waals surface area contributed by atoms with Crippen LogP contribution < -0.4 is 15.0 Å². The molecule has 0 bridgehead atoms. The van der Waals surface area contributed by atoms with Gasteiger partial charge in [0.25, 0.3) is 11.8 Å². The quantitative estimate of drug-likeness (QED) is 0.418. The molecule has 0 spiro atoms. The number of benzene rings is 4. The van der Waals surface area contributed by atoms with Crippen LogP contribution in [0.5, 0.6) is 5.75 Å². The van der Waals surface area contributed by atoms with Gasteiger partial charge in [0, 0.05) is 43.1 Å². The number of methoxy groups -OCH3 is 1. The van der Waals surface area contributed by atoms with E-state index in [4.69, 9.17) is 4.74 Å². The van der Waals surface area contributed by atoms with Crippen molar-refractivity contribution in [3.05, 3.63) is 102 Å². The molecule has 0 aromatic heterocycles. The third kappa shape index (κ3) is 4.75. The first kappa shape index (κ1) is 23.4. The van der Waals surface area contributed by atoms with Crippen molar-refractivity contribution in [2.75, 3.05) is 43.5 Å². The highest BCUT2D eigenvalue weighted by atomic mass is 16.5. The minimum absolute atomic E-state index is 0.0925. The third-order valence-electron chi connectivity index (χ3n) is 6.75. The first-order valence-electron chi connectivity index (χ1n) is 12.1. The number of hydrogen-bond donors (Lipinski definition) is 1. The highest BCUT2D eigenvalue weighted by Gasteiger charge is 2.23. The number of anilines is 2. The summed E-state index contributed by atoms with van der Waals surface area (Å²) in [6.07, 6.45) is 0. The van der Waals surface area contributed by atoms with E-state index in [0.717, 1.165) is 40.7 Å². The molecule has 4 aromatic carbocycles. The van der Waals surface area contributed by atoms with E-state index in [-0.39, 0.29) is 11.8 Å². The average molecular weight is 480 g/mol. The molecule has 1 aliphatic rings. The Morgan fingerprint density at radius 2 is 1.42 bits per heavy atom. The number of aryl methyl sites for hydroxylation is 1. The number of piperazine rings is 1. The SMILES string of the molecule is COc1cc2ccccc2cc1C(=O)Nc1ccc(N2CCN(C(=O)c3ccccc3C)CC2)cc1. The maximum atomic E-state index is 13.0. The van der Waals surface area contributed by atoms with Crippen LogP contribution in [0.4, 0.5) is 11.4 Å². The number of fused-ring (bicyclic) bond motifs is 1. The van der Waals surface area contributed by atoms with Gasteiger partial charge in [-0.15, -0.1) is 0 Å². The Bertz CT molecular complexity index is 1410. The lowest BCUT2D eigenvalue weighted by Gasteiger charge is -2.36. The second-order valence-corrected chi connectivity index (χ2v) is 8.99. The first-order chi connectivity index (χ1) is 17.5. The summed E-state index contributed by atoms with van der Waals surface area (Å²) in [5.74, 6) is 0.421. The highest BCUT2D eigenvalue weighted by molar-refractivity contribution is 6.08. The van der Waals surface area contributed by atoms with E-state index in [1.165, 1.54) is 0 Å². The van der Waals surface area contributed by atoms with E-state index < -0.39 is 0 Å². The molecular formula is C30H29N3O3. The minimum atomic E-state index is -0.214. The van der Waals surface area contributed by atoms with Crippen LogP contribution in [0.15, 0.2) is 84.9 Å². The third-order valence-corrected chi connectivity index (χ3v) is 6.75. The van der Waals surface area contributed by atoms with Crippen molar-refractivity contribution in [2.45, 2.75) is 6.92 Å². The van der Waals surface area contributed by atoms with E-state index in [0.29, 0.717) is 30.1 Å². The van der Waals surface area contributed by atoms with Crippen LogP contribution in [0.1, 0.15) is 26.3 Å². The molecule has 6 nitrogen and oxygen atoms in total. The van der Waals surface area contributed by atoms with Gasteiger partial charge in [-0.25, -0.2) is 0 Å². The predicted octanol–water partition coefficient (Wildman–Crippen LogP) is 5.37. The molecule has 5 rings (SSSR count). The maximum Gasteiger partial charge on any atom is 0.259 e. The zero-order valence-corrected chi connectivity index (χ0v) is 20.5. The van der Waals surface area contributed by atoms with Gasteiger partial charge in [0.05, 0.1) is 12.7 Å². The number of ether oxygens (including phenoxy) is 1. The Kier molecular flexibility index (Phi) is 6.58. The number of hydrogen-bond acceptors (Lipinski definition) is 4. The molecule has 182 valence electrons. The Morgan fingerprint density at radius 3 is 2.08 bits per heavy atom. The molecular weight excluding hydrogens is 450 g/mol. The molecule has 1 fully saturated rings. The normalized spacial score (nSPS) is 13.5. The number of carbonyl (C=O) groups excluding carboxylic acids is 2. The molecule has 0 unspecified atom stereocenters. The fraction of sp³-hybridized carbons (Fsp3) is 0.200. The molecule has 6 heteroatoms. The van der Waals surface area contributed by atoms with Crippen LogP contribution in [0.25, 0.3) is 10.8 Å². The molecule has 0 radical (unpaired) electrons. The lowest BCUT2D eigenvalue weighted by Crippen LogP contribution is -2.48. The molecule has 0 aliphatic carbocycles. The van der Waals surface area contributed by atoms with E-state index in [2.05, 4.69) is 10.2 Å². The Hall–Kier alpha value is -4.32. The Labute approximate surface area is 211 Å². The van der Waals surface area contributed by atoms with Crippen molar-refractivity contribution in [2.24, 2.45) is 0 Å². The number of carbonyl (C=O) groups is 2. The monoisotopic (exact) mass is 479 g/mol. The molecule has 4 aromatic rings. The van der Waals surface area contributed by atoms with Crippen molar-refractivity contribution in [3.8, 4) is 5.75 Å². The highest BCUT2D eigenvalue weighted by Crippen LogP contribution is 2.27. The van der Waals surface area contributed by atoms with Crippen LogP contribution in [0.2, 0.25) is 0 Å². The lowest BCUT2D eigenvalue weighted by molar-refractivity contribution is 0.0746. The second kappa shape index (κ2) is 10.1. The summed E-state index contributed by atoms with van der Waals surface area (Å²) >= 11 is 0. The molecule has 1 aliphatic heterocycles. The summed E-state index contributed by atoms with van der Waals surface area (Å²) in [7, 11) is 1.57. The zero-order valence-electron chi connectivity index (χ0n) is 20.5. The van der Waals surface area contributed by atoms with Gasteiger partial charge < -0.3 is 19.9 Å². The van der Waals surface area contributed by atoms with Crippen molar-refractivity contribution >= 4 is 34.0 Å². The smallest absolute Gasteiger partial charge is 0.259 e. The number of nitrogens with zero attached hydrogens (tertiary/aromatic N) is 2. The van der Waals surface area contributed by atoms with E-state index in [9.17, 15) is 9.59 Å². The summed E-state index contributed by atoms with van der Waals surface area (Å²) in [5.41, 5.74) is 4.05. The van der Waals surface area contributed by atoms with Crippen molar-refractivity contribution in [1.82, 2.24) is 4.90 Å². The summed E-state index contributed by atoms with van der Waals surface area (Å²) in [6.45, 7) is 4.84. The maximum absolute atomic E-state index is 13.0. The average Bonchev–Trinajstić information content (AvgIpc) is 2.92. The summed E-state index contributed by atoms with van der Waals surface area (Å²) < 4.78 is 5.48. The summed E-state index contributed by atoms with van der Waals surface area (Å²) in [5, 5.41) is 4.99. The standard InChI is InChI=1S/C30H29N3O3/c1-21-7-3-6-10-26(21)30(35)33-17-15-32(16-18-33)25-13-11-24(12-14-25)31-29(34)27-19-22-8-4-5-9-23(22)20-28(27)36-2/h3-14,19-20H,15-18H2,1-2H3,(H,31,34). The van der Waals surface area contributed by atoms with E-state index in [1.807, 2.05) is 96.8 Å². The number of amides is 2. The van der Waals surface area contributed by atoms with E-state index in [1.54, 1.807) is 7.11 Å². The Balaban J connectivity index is 1.23. The fourth-order valence-corrected chi connectivity index (χ4v) is 4.67. The van der Waals surface area contributed by atoms with Crippen molar-refractivity contribution in [1.29, 1.82) is 0 Å². The van der Waals surface area contributed by atoms with Gasteiger partial charge in [-0.3, -0.25) is 9.59 Å². The molecule has 0 saturated carbocycles. The number of rotatable bonds is 5. The zero-order chi connectivity index (χ0) is 25.1. The molecule has 0 atom stereocenters. The predicted molar refractivity (Wildman–Crippen MR) is 144 cm³/mol. The van der Waals surface area contributed by atoms with Gasteiger partial charge in [-0.2, -0.15) is 0 Å². The van der Waals surface area contributed by atoms with Gasteiger partial charge in [-0.1, -0.05) is 42.5 Å². The van der Waals surface area contributed by atoms with Gasteiger partial charge in [0.2, 0.25) is 0 Å². The Morgan fingerprint density at radius 1 is 0.778 bits per heavy atom.